The van der Waals surface area contributed by atoms with Crippen molar-refractivity contribution >= 4 is 5.78 Å². The lowest BCUT2D eigenvalue weighted by Gasteiger charge is -2.27. The zero-order valence-electron chi connectivity index (χ0n) is 12.0. The van der Waals surface area contributed by atoms with E-state index in [2.05, 4.69) is 22.3 Å². The highest BCUT2D eigenvalue weighted by molar-refractivity contribution is 5.82. The van der Waals surface area contributed by atoms with E-state index >= 15 is 0 Å². The molecule has 106 valence electrons. The molecule has 0 aliphatic heterocycles. The second-order valence-electron chi connectivity index (χ2n) is 5.70. The Balaban J connectivity index is 1.76. The van der Waals surface area contributed by atoms with Gasteiger partial charge >= 0.3 is 0 Å². The Morgan fingerprint density at radius 1 is 1.32 bits per heavy atom. The van der Waals surface area contributed by atoms with Crippen molar-refractivity contribution in [2.24, 2.45) is 18.9 Å². The summed E-state index contributed by atoms with van der Waals surface area (Å²) in [6.45, 7) is 2.24. The maximum atomic E-state index is 12.2. The first-order valence-electron chi connectivity index (χ1n) is 7.44. The second-order valence-corrected chi connectivity index (χ2v) is 5.70. The van der Waals surface area contributed by atoms with Crippen LogP contribution in [0.15, 0.2) is 0 Å². The fraction of sp³-hybridized carbons (Fsp3) is 0.857. The van der Waals surface area contributed by atoms with Crippen LogP contribution in [-0.4, -0.2) is 26.0 Å². The summed E-state index contributed by atoms with van der Waals surface area (Å²) >= 11 is 0. The van der Waals surface area contributed by atoms with Crippen molar-refractivity contribution in [1.82, 2.24) is 20.2 Å². The predicted octanol–water partition coefficient (Wildman–Crippen LogP) is 2.32. The molecule has 0 aromatic carbocycles. The zero-order valence-corrected chi connectivity index (χ0v) is 12.0. The Morgan fingerprint density at radius 2 is 2.05 bits per heavy atom. The lowest BCUT2D eigenvalue weighted by Crippen LogP contribution is -2.23. The number of rotatable bonds is 6. The number of hydrogen-bond acceptors (Lipinski definition) is 4. The minimum Gasteiger partial charge on any atom is -0.299 e. The first kappa shape index (κ1) is 14.2. The number of aromatic nitrogens is 4. The minimum absolute atomic E-state index is 0.224. The van der Waals surface area contributed by atoms with Crippen LogP contribution in [0.1, 0.15) is 57.7 Å². The molecule has 1 aromatic rings. The number of tetrazole rings is 1. The Kier molecular flexibility index (Phi) is 5.05. The van der Waals surface area contributed by atoms with Crippen molar-refractivity contribution in [3.63, 3.8) is 0 Å². The number of hydrogen-bond donors (Lipinski definition) is 0. The van der Waals surface area contributed by atoms with Gasteiger partial charge in [0.15, 0.2) is 5.82 Å². The quantitative estimate of drug-likeness (QED) is 0.791. The summed E-state index contributed by atoms with van der Waals surface area (Å²) in [5.74, 6) is 1.92. The number of carbonyl (C=O) groups excluding carboxylic acids is 1. The Hall–Kier alpha value is -1.26. The van der Waals surface area contributed by atoms with Gasteiger partial charge in [-0.1, -0.05) is 26.2 Å². The lowest BCUT2D eigenvalue weighted by atomic mass is 9.77. The van der Waals surface area contributed by atoms with E-state index in [1.165, 1.54) is 36.9 Å². The average molecular weight is 264 g/mol. The van der Waals surface area contributed by atoms with Gasteiger partial charge in [-0.3, -0.25) is 4.79 Å². The molecule has 0 amide bonds. The summed E-state index contributed by atoms with van der Waals surface area (Å²) in [5.41, 5.74) is 0. The van der Waals surface area contributed by atoms with Crippen LogP contribution >= 0.6 is 0 Å². The van der Waals surface area contributed by atoms with Crippen LogP contribution in [0, 0.1) is 11.8 Å². The molecule has 1 aliphatic carbocycles. The Morgan fingerprint density at radius 3 is 2.63 bits per heavy atom. The molecular formula is C14H24N4O. The molecule has 0 saturated heterocycles. The molecule has 5 heteroatoms. The molecule has 0 N–H and O–H groups in total. The number of aryl methyl sites for hydroxylation is 1. The van der Waals surface area contributed by atoms with Gasteiger partial charge < -0.3 is 0 Å². The van der Waals surface area contributed by atoms with Crippen LogP contribution in [0.2, 0.25) is 0 Å². The third-order valence-corrected chi connectivity index (χ3v) is 4.15. The van der Waals surface area contributed by atoms with Gasteiger partial charge in [-0.15, -0.1) is 10.2 Å². The maximum Gasteiger partial charge on any atom is 0.182 e. The van der Waals surface area contributed by atoms with Crippen molar-refractivity contribution in [2.45, 2.75) is 58.3 Å². The lowest BCUT2D eigenvalue weighted by molar-refractivity contribution is -0.123. The van der Waals surface area contributed by atoms with Gasteiger partial charge in [-0.2, -0.15) is 4.80 Å². The smallest absolute Gasteiger partial charge is 0.182 e. The second kappa shape index (κ2) is 6.78. The number of ketones is 1. The highest BCUT2D eigenvalue weighted by atomic mass is 16.1. The van der Waals surface area contributed by atoms with Gasteiger partial charge in [0.25, 0.3) is 0 Å². The van der Waals surface area contributed by atoms with E-state index < -0.39 is 0 Å². The van der Waals surface area contributed by atoms with E-state index in [1.807, 2.05) is 0 Å². The van der Waals surface area contributed by atoms with Gasteiger partial charge in [-0.05, 0) is 36.8 Å². The van der Waals surface area contributed by atoms with E-state index in [0.717, 1.165) is 18.8 Å². The van der Waals surface area contributed by atoms with E-state index in [4.69, 9.17) is 0 Å². The summed E-state index contributed by atoms with van der Waals surface area (Å²) in [6.07, 6.45) is 8.81. The fourth-order valence-corrected chi connectivity index (χ4v) is 2.96. The van der Waals surface area contributed by atoms with Gasteiger partial charge in [0.05, 0.1) is 13.5 Å². The molecule has 5 nitrogen and oxygen atoms in total. The number of unbranched alkanes of at least 4 members (excludes halogenated alkanes) is 1. The van der Waals surface area contributed by atoms with Gasteiger partial charge in [0.1, 0.15) is 5.78 Å². The first-order valence-corrected chi connectivity index (χ1v) is 7.44. The average Bonchev–Trinajstić information content (AvgIpc) is 2.82. The van der Waals surface area contributed by atoms with Crippen molar-refractivity contribution < 1.29 is 4.79 Å². The third kappa shape index (κ3) is 4.11. The number of nitrogens with zero attached hydrogens (tertiary/aromatic N) is 4. The standard InChI is InChI=1S/C14H24N4O/c1-3-4-5-11-6-8-12(9-7-11)13(19)10-14-15-17-18(2)16-14/h11-12H,3-10H2,1-2H3. The summed E-state index contributed by atoms with van der Waals surface area (Å²) in [5, 5.41) is 11.7. The summed E-state index contributed by atoms with van der Waals surface area (Å²) < 4.78 is 0. The highest BCUT2D eigenvalue weighted by Crippen LogP contribution is 2.32. The summed E-state index contributed by atoms with van der Waals surface area (Å²) in [6, 6.07) is 0. The molecule has 19 heavy (non-hydrogen) atoms. The number of carbonyl (C=O) groups is 1. The minimum atomic E-state index is 0.224. The fourth-order valence-electron chi connectivity index (χ4n) is 2.96. The van der Waals surface area contributed by atoms with E-state index in [-0.39, 0.29) is 5.92 Å². The van der Waals surface area contributed by atoms with E-state index in [0.29, 0.717) is 18.0 Å². The highest BCUT2D eigenvalue weighted by Gasteiger charge is 2.26. The molecule has 0 unspecified atom stereocenters. The molecule has 0 radical (unpaired) electrons. The Bertz CT molecular complexity index is 407. The van der Waals surface area contributed by atoms with Crippen molar-refractivity contribution in [3.05, 3.63) is 5.82 Å². The SMILES string of the molecule is CCCCC1CCC(C(=O)Cc2nnn(C)n2)CC1. The molecule has 1 aliphatic rings. The topological polar surface area (TPSA) is 60.7 Å². The molecular weight excluding hydrogens is 240 g/mol. The molecule has 1 heterocycles. The van der Waals surface area contributed by atoms with Crippen LogP contribution in [0.4, 0.5) is 0 Å². The van der Waals surface area contributed by atoms with Crippen molar-refractivity contribution in [2.75, 3.05) is 0 Å². The van der Waals surface area contributed by atoms with E-state index in [9.17, 15) is 4.79 Å². The third-order valence-electron chi connectivity index (χ3n) is 4.15. The van der Waals surface area contributed by atoms with Gasteiger partial charge in [0, 0.05) is 5.92 Å². The normalized spacial score (nSPS) is 23.5. The summed E-state index contributed by atoms with van der Waals surface area (Å²) in [7, 11) is 1.72. The van der Waals surface area contributed by atoms with Gasteiger partial charge in [0.2, 0.25) is 0 Å². The molecule has 0 bridgehead atoms. The monoisotopic (exact) mass is 264 g/mol. The molecule has 2 rings (SSSR count). The van der Waals surface area contributed by atoms with Crippen LogP contribution in [0.3, 0.4) is 0 Å². The summed E-state index contributed by atoms with van der Waals surface area (Å²) in [4.78, 5) is 13.6. The van der Waals surface area contributed by atoms with E-state index in [1.54, 1.807) is 7.05 Å². The molecule has 1 fully saturated rings. The van der Waals surface area contributed by atoms with Crippen LogP contribution in [-0.2, 0) is 18.3 Å². The van der Waals surface area contributed by atoms with Crippen LogP contribution in [0.25, 0.3) is 0 Å². The molecule has 0 spiro atoms. The largest absolute Gasteiger partial charge is 0.299 e. The molecule has 1 aromatic heterocycles. The van der Waals surface area contributed by atoms with Crippen LogP contribution in [0.5, 0.6) is 0 Å². The molecule has 1 saturated carbocycles. The van der Waals surface area contributed by atoms with Crippen molar-refractivity contribution in [3.8, 4) is 0 Å². The van der Waals surface area contributed by atoms with Gasteiger partial charge in [-0.25, -0.2) is 0 Å². The Labute approximate surface area is 114 Å². The predicted molar refractivity (Wildman–Crippen MR) is 72.5 cm³/mol. The zero-order chi connectivity index (χ0) is 13.7. The molecule has 0 atom stereocenters. The first-order chi connectivity index (χ1) is 9.19. The maximum absolute atomic E-state index is 12.2. The van der Waals surface area contributed by atoms with Crippen molar-refractivity contribution in [1.29, 1.82) is 0 Å². The number of Topliss-reactive ketones (excluding diaryl/α,β-unsaturated/α-hetero) is 1. The van der Waals surface area contributed by atoms with Crippen LogP contribution < -0.4 is 0 Å².